The minimum absolute atomic E-state index is 0.0563. The van der Waals surface area contributed by atoms with Crippen LogP contribution in [0.1, 0.15) is 17.3 Å². The molecule has 0 aliphatic rings. The van der Waals surface area contributed by atoms with E-state index in [4.69, 9.17) is 14.2 Å². The van der Waals surface area contributed by atoms with Crippen molar-refractivity contribution >= 4 is 18.0 Å². The Morgan fingerprint density at radius 1 is 1.00 bits per heavy atom. The number of benzene rings is 1. The van der Waals surface area contributed by atoms with Gasteiger partial charge in [-0.1, -0.05) is 0 Å². The maximum Gasteiger partial charge on any atom is 0.513 e. The zero-order valence-electron chi connectivity index (χ0n) is 14.9. The monoisotopic (exact) mass is 368 g/mol. The van der Waals surface area contributed by atoms with Gasteiger partial charge in [-0.25, -0.2) is 4.79 Å². The molecule has 2 N–H and O–H groups in total. The van der Waals surface area contributed by atoms with Crippen LogP contribution in [-0.4, -0.2) is 64.6 Å². The van der Waals surface area contributed by atoms with Crippen LogP contribution in [0.5, 0.6) is 5.75 Å². The smallest absolute Gasteiger partial charge is 0.434 e. The van der Waals surface area contributed by atoms with Gasteiger partial charge in [-0.05, 0) is 31.2 Å². The van der Waals surface area contributed by atoms with Crippen LogP contribution < -0.4 is 15.4 Å². The van der Waals surface area contributed by atoms with E-state index in [2.05, 4.69) is 15.4 Å². The van der Waals surface area contributed by atoms with Gasteiger partial charge in [0.1, 0.15) is 12.4 Å². The first-order valence-corrected chi connectivity index (χ1v) is 8.13. The summed E-state index contributed by atoms with van der Waals surface area (Å²) in [7, 11) is 1.55. The van der Waals surface area contributed by atoms with E-state index in [-0.39, 0.29) is 43.9 Å². The van der Waals surface area contributed by atoms with E-state index < -0.39 is 6.16 Å². The summed E-state index contributed by atoms with van der Waals surface area (Å²) in [6.45, 7) is 3.15. The maximum absolute atomic E-state index is 12.0. The molecule has 1 rings (SSSR count). The molecule has 0 heterocycles. The van der Waals surface area contributed by atoms with Crippen molar-refractivity contribution in [3.8, 4) is 5.75 Å². The third-order valence-electron chi connectivity index (χ3n) is 2.98. The number of methoxy groups -OCH3 is 1. The summed E-state index contributed by atoms with van der Waals surface area (Å²) in [5.74, 6) is -0.296. The molecule has 0 radical (unpaired) electrons. The molecule has 0 unspecified atom stereocenters. The van der Waals surface area contributed by atoms with E-state index in [1.54, 1.807) is 14.0 Å². The molecule has 0 aliphatic heterocycles. The van der Waals surface area contributed by atoms with Crippen molar-refractivity contribution in [2.24, 2.45) is 0 Å². The van der Waals surface area contributed by atoms with Gasteiger partial charge in [0.15, 0.2) is 0 Å². The molecular weight excluding hydrogens is 344 g/mol. The number of hydrogen-bond acceptors (Lipinski definition) is 7. The minimum Gasteiger partial charge on any atom is -0.434 e. The van der Waals surface area contributed by atoms with Crippen LogP contribution in [0.4, 0.5) is 4.79 Å². The largest absolute Gasteiger partial charge is 0.513 e. The number of hydrogen-bond donors (Lipinski definition) is 2. The summed E-state index contributed by atoms with van der Waals surface area (Å²) in [6.07, 6.45) is -0.799. The minimum atomic E-state index is -0.799. The van der Waals surface area contributed by atoms with Gasteiger partial charge in [0, 0.05) is 25.8 Å². The van der Waals surface area contributed by atoms with Crippen LogP contribution in [0, 0.1) is 0 Å². The first-order chi connectivity index (χ1) is 12.6. The van der Waals surface area contributed by atoms with Crippen LogP contribution in [0.15, 0.2) is 24.3 Å². The molecule has 0 spiro atoms. The Labute approximate surface area is 151 Å². The average molecular weight is 368 g/mol. The number of amides is 2. The molecule has 1 aromatic carbocycles. The van der Waals surface area contributed by atoms with Crippen LogP contribution in [0.2, 0.25) is 0 Å². The number of rotatable bonds is 11. The third-order valence-corrected chi connectivity index (χ3v) is 2.98. The Bertz CT molecular complexity index is 575. The van der Waals surface area contributed by atoms with Gasteiger partial charge in [-0.2, -0.15) is 0 Å². The van der Waals surface area contributed by atoms with Crippen molar-refractivity contribution in [2.45, 2.75) is 6.92 Å². The second kappa shape index (κ2) is 12.7. The highest BCUT2D eigenvalue weighted by atomic mass is 16.7. The molecule has 0 saturated carbocycles. The molecule has 144 valence electrons. The molecular formula is C17H24N2O7. The van der Waals surface area contributed by atoms with Gasteiger partial charge >= 0.3 is 6.16 Å². The Hall–Kier alpha value is -2.65. The maximum atomic E-state index is 12.0. The normalized spacial score (nSPS) is 10.1. The van der Waals surface area contributed by atoms with Crippen molar-refractivity contribution in [3.63, 3.8) is 0 Å². The van der Waals surface area contributed by atoms with Crippen LogP contribution in [0.3, 0.4) is 0 Å². The predicted molar refractivity (Wildman–Crippen MR) is 92.1 cm³/mol. The summed E-state index contributed by atoms with van der Waals surface area (Å²) in [4.78, 5) is 34.6. The second-order valence-corrected chi connectivity index (χ2v) is 4.96. The predicted octanol–water partition coefficient (Wildman–Crippen LogP) is 0.731. The highest BCUT2D eigenvalue weighted by Gasteiger charge is 2.08. The molecule has 9 heteroatoms. The molecule has 1 aromatic rings. The average Bonchev–Trinajstić information content (AvgIpc) is 2.63. The Balaban J connectivity index is 2.24. The zero-order valence-corrected chi connectivity index (χ0v) is 14.9. The summed E-state index contributed by atoms with van der Waals surface area (Å²) >= 11 is 0. The zero-order chi connectivity index (χ0) is 19.2. The van der Waals surface area contributed by atoms with E-state index in [1.807, 2.05) is 0 Å². The van der Waals surface area contributed by atoms with Crippen molar-refractivity contribution in [1.82, 2.24) is 10.6 Å². The van der Waals surface area contributed by atoms with Gasteiger partial charge < -0.3 is 29.6 Å². The van der Waals surface area contributed by atoms with Crippen LogP contribution in [-0.2, 0) is 19.0 Å². The number of carbonyl (C=O) groups excluding carboxylic acids is 3. The molecule has 0 aliphatic carbocycles. The first-order valence-electron chi connectivity index (χ1n) is 8.13. The third kappa shape index (κ3) is 9.00. The second-order valence-electron chi connectivity index (χ2n) is 4.96. The van der Waals surface area contributed by atoms with E-state index in [0.29, 0.717) is 18.8 Å². The fraction of sp³-hybridized carbons (Fsp3) is 0.471. The highest BCUT2D eigenvalue weighted by Crippen LogP contribution is 2.12. The molecule has 0 saturated heterocycles. The highest BCUT2D eigenvalue weighted by molar-refractivity contribution is 5.94. The Kier molecular flexibility index (Phi) is 10.4. The number of nitrogens with one attached hydrogen (secondary N) is 2. The number of ether oxygens (including phenoxy) is 4. The van der Waals surface area contributed by atoms with Crippen LogP contribution in [0.25, 0.3) is 0 Å². The first kappa shape index (κ1) is 21.4. The van der Waals surface area contributed by atoms with Crippen molar-refractivity contribution in [2.75, 3.05) is 46.6 Å². The van der Waals surface area contributed by atoms with Crippen molar-refractivity contribution < 1.29 is 33.3 Å². The summed E-state index contributed by atoms with van der Waals surface area (Å²) in [5.41, 5.74) is 0.399. The fourth-order valence-electron chi connectivity index (χ4n) is 1.76. The lowest BCUT2D eigenvalue weighted by Crippen LogP contribution is -2.36. The van der Waals surface area contributed by atoms with Crippen molar-refractivity contribution in [3.05, 3.63) is 29.8 Å². The number of carbonyl (C=O) groups is 3. The lowest BCUT2D eigenvalue weighted by atomic mass is 10.2. The van der Waals surface area contributed by atoms with Crippen LogP contribution >= 0.6 is 0 Å². The quantitative estimate of drug-likeness (QED) is 0.336. The molecule has 0 fully saturated rings. The van der Waals surface area contributed by atoms with Crippen molar-refractivity contribution in [1.29, 1.82) is 0 Å². The standard InChI is InChI=1S/C17H24N2O7/c1-3-25-17(22)26-14-6-4-13(5-7-14)16(21)19-9-8-18-15(20)12-24-11-10-23-2/h4-7H,3,8-12H2,1-2H3,(H,18,20)(H,19,21). The lowest BCUT2D eigenvalue weighted by molar-refractivity contribution is -0.126. The molecule has 2 amide bonds. The van der Waals surface area contributed by atoms with E-state index >= 15 is 0 Å². The van der Waals surface area contributed by atoms with Gasteiger partial charge in [0.2, 0.25) is 5.91 Å². The van der Waals surface area contributed by atoms with Gasteiger partial charge in [0.25, 0.3) is 5.91 Å². The van der Waals surface area contributed by atoms with E-state index in [9.17, 15) is 14.4 Å². The van der Waals surface area contributed by atoms with Gasteiger partial charge in [-0.3, -0.25) is 9.59 Å². The van der Waals surface area contributed by atoms with E-state index in [0.717, 1.165) is 0 Å². The molecule has 26 heavy (non-hydrogen) atoms. The SMILES string of the molecule is CCOC(=O)Oc1ccc(C(=O)NCCNC(=O)COCCOC)cc1. The molecule has 0 bridgehead atoms. The topological polar surface area (TPSA) is 112 Å². The fourth-order valence-corrected chi connectivity index (χ4v) is 1.76. The Morgan fingerprint density at radius 2 is 1.69 bits per heavy atom. The van der Waals surface area contributed by atoms with Gasteiger partial charge in [-0.15, -0.1) is 0 Å². The van der Waals surface area contributed by atoms with Gasteiger partial charge in [0.05, 0.1) is 19.8 Å². The molecule has 9 nitrogen and oxygen atoms in total. The summed E-state index contributed by atoms with van der Waals surface area (Å²) in [6, 6.07) is 6.02. The molecule has 0 aromatic heterocycles. The van der Waals surface area contributed by atoms with E-state index in [1.165, 1.54) is 24.3 Å². The summed E-state index contributed by atoms with van der Waals surface area (Å²) in [5, 5.41) is 5.28. The lowest BCUT2D eigenvalue weighted by Gasteiger charge is -2.08. The molecule has 0 atom stereocenters. The Morgan fingerprint density at radius 3 is 2.35 bits per heavy atom. The summed E-state index contributed by atoms with van der Waals surface area (Å²) < 4.78 is 19.4.